The van der Waals surface area contributed by atoms with E-state index in [9.17, 15) is 0 Å². The predicted octanol–water partition coefficient (Wildman–Crippen LogP) is 2.38. The van der Waals surface area contributed by atoms with Crippen LogP contribution in [0.2, 0.25) is 0 Å². The first-order valence-corrected chi connectivity index (χ1v) is 7.60. The molecule has 1 atom stereocenters. The fourth-order valence-corrected chi connectivity index (χ4v) is 2.45. The Balaban J connectivity index is 1.87. The highest BCUT2D eigenvalue weighted by molar-refractivity contribution is 5.27. The fraction of sp³-hybridized carbons (Fsp3) is 0.857. The summed E-state index contributed by atoms with van der Waals surface area (Å²) < 4.78 is 5.37. The summed E-state index contributed by atoms with van der Waals surface area (Å²) in [6, 6.07) is 0.386. The lowest BCUT2D eigenvalue weighted by atomic mass is 10.2. The van der Waals surface area contributed by atoms with E-state index in [4.69, 9.17) is 4.52 Å². The molecule has 0 aromatic carbocycles. The van der Waals surface area contributed by atoms with Crippen molar-refractivity contribution >= 4 is 5.95 Å². The molecule has 0 spiro atoms. The van der Waals surface area contributed by atoms with Crippen molar-refractivity contribution in [1.82, 2.24) is 15.5 Å². The van der Waals surface area contributed by atoms with Crippen LogP contribution in [-0.4, -0.2) is 35.8 Å². The Labute approximate surface area is 115 Å². The monoisotopic (exact) mass is 266 g/mol. The molecule has 2 rings (SSSR count). The van der Waals surface area contributed by atoms with Gasteiger partial charge in [0.1, 0.15) is 0 Å². The van der Waals surface area contributed by atoms with E-state index in [2.05, 4.69) is 34.2 Å². The zero-order valence-corrected chi connectivity index (χ0v) is 12.2. The lowest BCUT2D eigenvalue weighted by Crippen LogP contribution is -2.29. The zero-order chi connectivity index (χ0) is 13.5. The summed E-state index contributed by atoms with van der Waals surface area (Å²) in [4.78, 5) is 6.79. The molecular formula is C14H26N4O. The van der Waals surface area contributed by atoms with Crippen molar-refractivity contribution in [2.24, 2.45) is 0 Å². The first kappa shape index (κ1) is 14.3. The van der Waals surface area contributed by atoms with E-state index in [0.717, 1.165) is 44.3 Å². The number of nitrogens with one attached hydrogen (secondary N) is 1. The number of aromatic nitrogens is 2. The maximum atomic E-state index is 5.37. The second-order valence-corrected chi connectivity index (χ2v) is 5.45. The zero-order valence-electron chi connectivity index (χ0n) is 12.2. The van der Waals surface area contributed by atoms with Gasteiger partial charge in [0.25, 0.3) is 5.95 Å². The van der Waals surface area contributed by atoms with E-state index in [1.165, 1.54) is 25.7 Å². The van der Waals surface area contributed by atoms with Crippen molar-refractivity contribution < 1.29 is 4.52 Å². The maximum Gasteiger partial charge on any atom is 0.266 e. The van der Waals surface area contributed by atoms with Crippen LogP contribution in [0.25, 0.3) is 0 Å². The topological polar surface area (TPSA) is 54.2 Å². The molecule has 19 heavy (non-hydrogen) atoms. The number of rotatable bonds is 6. The molecule has 108 valence electrons. The summed E-state index contributed by atoms with van der Waals surface area (Å²) in [6.45, 7) is 7.48. The van der Waals surface area contributed by atoms with Gasteiger partial charge in [-0.1, -0.05) is 19.8 Å². The van der Waals surface area contributed by atoms with E-state index in [-0.39, 0.29) is 0 Å². The van der Waals surface area contributed by atoms with Gasteiger partial charge in [0.15, 0.2) is 0 Å². The molecule has 0 bridgehead atoms. The van der Waals surface area contributed by atoms with Crippen molar-refractivity contribution in [2.45, 2.75) is 58.4 Å². The molecule has 1 N–H and O–H groups in total. The minimum absolute atomic E-state index is 0.386. The highest BCUT2D eigenvalue weighted by atomic mass is 16.5. The van der Waals surface area contributed by atoms with E-state index in [1.54, 1.807) is 0 Å². The quantitative estimate of drug-likeness (QED) is 0.856. The van der Waals surface area contributed by atoms with Gasteiger partial charge in [-0.05, 0) is 37.9 Å². The maximum absolute atomic E-state index is 5.37. The second kappa shape index (κ2) is 7.48. The molecule has 0 saturated carbocycles. The first-order chi connectivity index (χ1) is 9.29. The van der Waals surface area contributed by atoms with Crippen LogP contribution in [0.15, 0.2) is 4.52 Å². The van der Waals surface area contributed by atoms with E-state index >= 15 is 0 Å². The largest absolute Gasteiger partial charge is 0.338 e. The van der Waals surface area contributed by atoms with Crippen molar-refractivity contribution in [2.75, 3.05) is 24.5 Å². The number of nitrogens with zero attached hydrogens (tertiary/aromatic N) is 3. The molecule has 1 aliphatic rings. The Bertz CT molecular complexity index is 358. The summed E-state index contributed by atoms with van der Waals surface area (Å²) in [5.41, 5.74) is 0. The van der Waals surface area contributed by atoms with E-state index in [0.29, 0.717) is 6.04 Å². The highest BCUT2D eigenvalue weighted by Gasteiger charge is 2.16. The molecular weight excluding hydrogens is 240 g/mol. The normalized spacial score (nSPS) is 18.3. The third kappa shape index (κ3) is 4.49. The van der Waals surface area contributed by atoms with Gasteiger partial charge in [-0.25, -0.2) is 0 Å². The molecule has 1 aromatic rings. The van der Waals surface area contributed by atoms with Crippen LogP contribution in [0.1, 0.15) is 51.8 Å². The second-order valence-electron chi connectivity index (χ2n) is 5.45. The lowest BCUT2D eigenvalue weighted by Gasteiger charge is -2.16. The first-order valence-electron chi connectivity index (χ1n) is 7.60. The summed E-state index contributed by atoms with van der Waals surface area (Å²) in [6.07, 6.45) is 7.06. The van der Waals surface area contributed by atoms with Gasteiger partial charge in [0, 0.05) is 25.6 Å². The van der Waals surface area contributed by atoms with E-state index in [1.807, 2.05) is 0 Å². The van der Waals surface area contributed by atoms with Gasteiger partial charge in [-0.15, -0.1) is 0 Å². The Morgan fingerprint density at radius 2 is 2.00 bits per heavy atom. The Morgan fingerprint density at radius 1 is 1.26 bits per heavy atom. The standard InChI is InChI=1S/C14H26N4O/c1-3-8-15-12(2)11-13-16-14(17-19-13)18-9-6-4-5-7-10-18/h12,15H,3-11H2,1-2H3. The minimum atomic E-state index is 0.386. The Morgan fingerprint density at radius 3 is 2.68 bits per heavy atom. The van der Waals surface area contributed by atoms with Crippen LogP contribution in [0.3, 0.4) is 0 Å². The van der Waals surface area contributed by atoms with Crippen LogP contribution in [0.4, 0.5) is 5.95 Å². The molecule has 2 heterocycles. The van der Waals surface area contributed by atoms with Gasteiger partial charge in [0.05, 0.1) is 0 Å². The van der Waals surface area contributed by atoms with Gasteiger partial charge in [-0.2, -0.15) is 4.98 Å². The summed E-state index contributed by atoms with van der Waals surface area (Å²) in [5, 5.41) is 7.57. The summed E-state index contributed by atoms with van der Waals surface area (Å²) in [7, 11) is 0. The molecule has 1 aliphatic heterocycles. The van der Waals surface area contributed by atoms with Gasteiger partial charge < -0.3 is 14.7 Å². The predicted molar refractivity (Wildman–Crippen MR) is 76.4 cm³/mol. The van der Waals surface area contributed by atoms with Crippen LogP contribution < -0.4 is 10.2 Å². The van der Waals surface area contributed by atoms with Gasteiger partial charge in [-0.3, -0.25) is 0 Å². The minimum Gasteiger partial charge on any atom is -0.338 e. The fourth-order valence-electron chi connectivity index (χ4n) is 2.45. The molecule has 0 aliphatic carbocycles. The van der Waals surface area contributed by atoms with E-state index < -0.39 is 0 Å². The summed E-state index contributed by atoms with van der Waals surface area (Å²) >= 11 is 0. The van der Waals surface area contributed by atoms with Crippen LogP contribution in [0, 0.1) is 0 Å². The molecule has 0 amide bonds. The van der Waals surface area contributed by atoms with Gasteiger partial charge in [0.2, 0.25) is 5.89 Å². The molecule has 1 unspecified atom stereocenters. The average molecular weight is 266 g/mol. The van der Waals surface area contributed by atoms with Crippen molar-refractivity contribution in [3.05, 3.63) is 5.89 Å². The smallest absolute Gasteiger partial charge is 0.266 e. The highest BCUT2D eigenvalue weighted by Crippen LogP contribution is 2.16. The number of anilines is 1. The van der Waals surface area contributed by atoms with Gasteiger partial charge >= 0.3 is 0 Å². The molecule has 1 aromatic heterocycles. The summed E-state index contributed by atoms with van der Waals surface area (Å²) in [5.74, 6) is 1.52. The molecule has 5 heteroatoms. The average Bonchev–Trinajstić information content (AvgIpc) is 2.70. The van der Waals surface area contributed by atoms with Crippen LogP contribution in [-0.2, 0) is 6.42 Å². The van der Waals surface area contributed by atoms with Crippen molar-refractivity contribution in [3.63, 3.8) is 0 Å². The van der Waals surface area contributed by atoms with Crippen LogP contribution >= 0.6 is 0 Å². The Hall–Kier alpha value is -1.10. The third-order valence-electron chi connectivity index (χ3n) is 3.57. The third-order valence-corrected chi connectivity index (χ3v) is 3.57. The van der Waals surface area contributed by atoms with Crippen molar-refractivity contribution in [3.8, 4) is 0 Å². The molecule has 1 fully saturated rings. The number of hydrogen-bond donors (Lipinski definition) is 1. The molecule has 0 radical (unpaired) electrons. The number of hydrogen-bond acceptors (Lipinski definition) is 5. The molecule has 1 saturated heterocycles. The van der Waals surface area contributed by atoms with Crippen LogP contribution in [0.5, 0.6) is 0 Å². The lowest BCUT2D eigenvalue weighted by molar-refractivity contribution is 0.360. The SMILES string of the molecule is CCCNC(C)Cc1nc(N2CCCCCC2)no1. The Kier molecular flexibility index (Phi) is 5.63. The molecule has 5 nitrogen and oxygen atoms in total. The van der Waals surface area contributed by atoms with Crippen molar-refractivity contribution in [1.29, 1.82) is 0 Å².